The summed E-state index contributed by atoms with van der Waals surface area (Å²) in [6.45, 7) is 9.24. The minimum absolute atomic E-state index is 0.0460. The molecule has 1 saturated heterocycles. The Morgan fingerprint density at radius 3 is 2.32 bits per heavy atom. The summed E-state index contributed by atoms with van der Waals surface area (Å²) < 4.78 is 59.7. The zero-order valence-electron chi connectivity index (χ0n) is 31.2. The number of hydrogen-bond donors (Lipinski definition) is 1. The first-order valence-electron chi connectivity index (χ1n) is 18.9. The van der Waals surface area contributed by atoms with Gasteiger partial charge in [0.25, 0.3) is 19.4 Å². The molecule has 0 amide bonds. The highest BCUT2D eigenvalue weighted by Crippen LogP contribution is 2.45. The van der Waals surface area contributed by atoms with Gasteiger partial charge < -0.3 is 14.1 Å². The predicted octanol–water partition coefficient (Wildman–Crippen LogP) is 8.38. The van der Waals surface area contributed by atoms with E-state index in [0.717, 1.165) is 63.3 Å². The molecule has 5 aromatic rings. The maximum absolute atomic E-state index is 16.8. The number of aromatic nitrogens is 2. The number of likely N-dealkylation sites (tertiary alicyclic amines) is 1. The summed E-state index contributed by atoms with van der Waals surface area (Å²) in [5, 5.41) is 3.18. The predicted molar refractivity (Wildman–Crippen MR) is 211 cm³/mol. The molecule has 2 aliphatic rings. The lowest BCUT2D eigenvalue weighted by Gasteiger charge is -2.45. The number of para-hydroxylation sites is 1. The van der Waals surface area contributed by atoms with E-state index in [2.05, 4.69) is 41.7 Å². The second-order valence-electron chi connectivity index (χ2n) is 15.8. The second kappa shape index (κ2) is 15.7. The van der Waals surface area contributed by atoms with E-state index in [1.165, 1.54) is 11.3 Å². The van der Waals surface area contributed by atoms with E-state index in [1.54, 1.807) is 6.20 Å². The molecule has 282 valence electrons. The number of halogens is 3. The molecule has 0 aliphatic carbocycles. The molecular weight excluding hydrogens is 710 g/mol. The summed E-state index contributed by atoms with van der Waals surface area (Å²) >= 11 is 1.43. The smallest absolute Gasteiger partial charge is 0.282 e. The van der Waals surface area contributed by atoms with Crippen LogP contribution in [-0.4, -0.2) is 85.6 Å². The van der Waals surface area contributed by atoms with Gasteiger partial charge in [-0.1, -0.05) is 111 Å². The van der Waals surface area contributed by atoms with Crippen molar-refractivity contribution in [2.24, 2.45) is 0 Å². The van der Waals surface area contributed by atoms with Crippen molar-refractivity contribution in [1.82, 2.24) is 19.8 Å². The van der Waals surface area contributed by atoms with Gasteiger partial charge in [0.15, 0.2) is 0 Å². The number of benzene rings is 3. The van der Waals surface area contributed by atoms with E-state index in [0.29, 0.717) is 24.6 Å². The average molecular weight is 761 g/mol. The highest BCUT2D eigenvalue weighted by atomic mass is 32.1. The summed E-state index contributed by atoms with van der Waals surface area (Å²) in [6, 6.07) is 27.4. The van der Waals surface area contributed by atoms with Crippen LogP contribution in [0.1, 0.15) is 69.1 Å². The number of alkyl halides is 3. The van der Waals surface area contributed by atoms with Gasteiger partial charge >= 0.3 is 0 Å². The minimum Gasteiger partial charge on any atom is -0.465 e. The molecule has 3 atom stereocenters. The number of hydrogen-bond acceptors (Lipinski definition) is 6. The Balaban J connectivity index is 1.19. The van der Waals surface area contributed by atoms with E-state index in [1.807, 2.05) is 90.7 Å². The maximum atomic E-state index is 16.8. The van der Waals surface area contributed by atoms with Gasteiger partial charge in [-0.05, 0) is 66.2 Å². The summed E-state index contributed by atoms with van der Waals surface area (Å²) in [5.41, 5.74) is 3.08. The molecule has 3 aromatic carbocycles. The van der Waals surface area contributed by atoms with Gasteiger partial charge in [0, 0.05) is 41.9 Å². The van der Waals surface area contributed by atoms with Gasteiger partial charge in [0.05, 0.1) is 30.7 Å². The van der Waals surface area contributed by atoms with Crippen molar-refractivity contribution in [3.8, 4) is 5.19 Å². The van der Waals surface area contributed by atoms with Crippen LogP contribution in [0.15, 0.2) is 91.1 Å². The van der Waals surface area contributed by atoms with Crippen LogP contribution in [0.4, 0.5) is 13.2 Å². The van der Waals surface area contributed by atoms with Gasteiger partial charge in [-0.25, -0.2) is 13.8 Å². The number of ether oxygens (including phenoxy) is 1. The fourth-order valence-corrected chi connectivity index (χ4v) is 14.1. The van der Waals surface area contributed by atoms with Gasteiger partial charge in [-0.2, -0.15) is 0 Å². The number of rotatable bonds is 13. The largest absolute Gasteiger partial charge is 0.465 e. The van der Waals surface area contributed by atoms with E-state index in [-0.39, 0.29) is 18.8 Å². The molecule has 0 radical (unpaired) electrons. The van der Waals surface area contributed by atoms with Gasteiger partial charge in [-0.3, -0.25) is 14.2 Å². The second-order valence-corrected chi connectivity index (χ2v) is 21.1. The number of nitrogens with one attached hydrogen (secondary N) is 1. The van der Waals surface area contributed by atoms with Crippen molar-refractivity contribution in [3.63, 3.8) is 0 Å². The molecule has 0 bridgehead atoms. The first-order chi connectivity index (χ1) is 25.5. The van der Waals surface area contributed by atoms with Gasteiger partial charge in [0.2, 0.25) is 0 Å². The molecule has 0 saturated carbocycles. The fraction of sp³-hybridized carbons (Fsp3) is 0.452. The molecule has 1 fully saturated rings. The van der Waals surface area contributed by atoms with Crippen LogP contribution in [0.5, 0.6) is 5.19 Å². The lowest BCUT2D eigenvalue weighted by molar-refractivity contribution is -0.0818. The third-order valence-electron chi connectivity index (χ3n) is 11.0. The van der Waals surface area contributed by atoms with Crippen molar-refractivity contribution >= 4 is 40.9 Å². The van der Waals surface area contributed by atoms with E-state index in [4.69, 9.17) is 9.16 Å². The van der Waals surface area contributed by atoms with Crippen LogP contribution in [0.3, 0.4) is 0 Å². The Labute approximate surface area is 316 Å². The summed E-state index contributed by atoms with van der Waals surface area (Å²) in [7, 11) is -3.18. The molecule has 53 heavy (non-hydrogen) atoms. The third kappa shape index (κ3) is 7.87. The number of H-pyrrole nitrogens is 1. The molecule has 2 aliphatic heterocycles. The van der Waals surface area contributed by atoms with E-state index in [9.17, 15) is 4.39 Å². The molecule has 6 nitrogen and oxygen atoms in total. The highest BCUT2D eigenvalue weighted by Gasteiger charge is 2.52. The normalized spacial score (nSPS) is 20.5. The average Bonchev–Trinajstić information content (AvgIpc) is 3.76. The molecule has 1 N–H and O–H groups in total. The number of nitrogens with zero attached hydrogens (tertiary/aromatic N) is 3. The third-order valence-corrected chi connectivity index (χ3v) is 16.9. The Bertz CT molecular complexity index is 1910. The molecule has 7 rings (SSSR count). The van der Waals surface area contributed by atoms with Crippen LogP contribution in [-0.2, 0) is 10.8 Å². The monoisotopic (exact) mass is 760 g/mol. The van der Waals surface area contributed by atoms with E-state index < -0.39 is 38.5 Å². The maximum Gasteiger partial charge on any atom is 0.282 e. The van der Waals surface area contributed by atoms with Crippen LogP contribution >= 0.6 is 11.3 Å². The van der Waals surface area contributed by atoms with Crippen LogP contribution in [0.2, 0.25) is 5.04 Å². The zero-order valence-corrected chi connectivity index (χ0v) is 33.0. The van der Waals surface area contributed by atoms with Crippen molar-refractivity contribution < 1.29 is 22.3 Å². The summed E-state index contributed by atoms with van der Waals surface area (Å²) in [6.07, 6.45) is 4.79. The first-order valence-corrected chi connectivity index (χ1v) is 21.6. The molecule has 2 aromatic heterocycles. The number of piperidine rings is 1. The first kappa shape index (κ1) is 37.8. The summed E-state index contributed by atoms with van der Waals surface area (Å²) in [5.74, 6) is -3.17. The Hall–Kier alpha value is -3.48. The lowest BCUT2D eigenvalue weighted by atomic mass is 9.91. The zero-order chi connectivity index (χ0) is 37.2. The van der Waals surface area contributed by atoms with Gasteiger partial charge in [0.1, 0.15) is 6.10 Å². The molecular formula is C42H51F3N4O2SSi. The van der Waals surface area contributed by atoms with Crippen molar-refractivity contribution in [3.05, 3.63) is 107 Å². The van der Waals surface area contributed by atoms with Gasteiger partial charge in [-0.15, -0.1) is 0 Å². The molecule has 4 heterocycles. The lowest BCUT2D eigenvalue weighted by Crippen LogP contribution is -2.67. The number of thiazole rings is 1. The number of aromatic amines is 1. The van der Waals surface area contributed by atoms with Crippen LogP contribution < -0.4 is 15.1 Å². The molecule has 0 spiro atoms. The highest BCUT2D eigenvalue weighted by molar-refractivity contribution is 7.13. The van der Waals surface area contributed by atoms with Crippen LogP contribution in [0, 0.1) is 0 Å². The minimum atomic E-state index is -3.18. The van der Waals surface area contributed by atoms with Crippen molar-refractivity contribution in [2.75, 3.05) is 39.5 Å². The topological polar surface area (TPSA) is 53.6 Å². The summed E-state index contributed by atoms with van der Waals surface area (Å²) in [4.78, 5) is 13.4. The Kier molecular flexibility index (Phi) is 11.2. The Morgan fingerprint density at radius 2 is 1.64 bits per heavy atom. The van der Waals surface area contributed by atoms with E-state index >= 15 is 8.78 Å². The van der Waals surface area contributed by atoms with Crippen molar-refractivity contribution in [2.45, 2.75) is 82.5 Å². The molecule has 11 heteroatoms. The Morgan fingerprint density at radius 1 is 0.962 bits per heavy atom. The molecule has 0 unspecified atom stereocenters. The standard InChI is InChI=1S/C42H51F3N4O2SSi/c1-30-25-35-34-20-11-12-21-36(34)47-38(35)39(37-26-46-40(52-37)51-31-15-13-23-48(27-31)24-14-22-43)49(30)28-42(44,45)29-50-53(41(2,3)4,32-16-7-5-8-17-32)33-18-9-6-10-19-33/h5-12,16-21,26,30-31,39,47H,13-15,22-25,27-29H2,1-4H3/t30-,31-,39-/m1/s1. The quantitative estimate of drug-likeness (QED) is 0.122. The number of fused-ring (bicyclic) bond motifs is 3. The van der Waals surface area contributed by atoms with Crippen LogP contribution in [0.25, 0.3) is 10.9 Å². The fourth-order valence-electron chi connectivity index (χ4n) is 8.54. The SMILES string of the molecule is C[C@@H]1Cc2c([nH]c3ccccc23)[C@@H](c2cnc(O[C@@H]3CCCN(CCCF)C3)s2)N1CC(F)(F)CO[Si](c1ccccc1)(c1ccccc1)C(C)(C)C. The van der Waals surface area contributed by atoms with Crippen molar-refractivity contribution in [1.29, 1.82) is 0 Å².